The number of rotatable bonds is 3. The Morgan fingerprint density at radius 3 is 2.55 bits per heavy atom. The van der Waals surface area contributed by atoms with Gasteiger partial charge in [0.2, 0.25) is 5.91 Å². The van der Waals surface area contributed by atoms with Crippen LogP contribution in [0.4, 0.5) is 4.39 Å². The number of carbonyl (C=O) groups is 1. The summed E-state index contributed by atoms with van der Waals surface area (Å²) in [5.41, 5.74) is 1.14. The van der Waals surface area contributed by atoms with Crippen LogP contribution in [0.3, 0.4) is 0 Å². The zero-order chi connectivity index (χ0) is 14.7. The number of amides is 1. The standard InChI is InChI=1S/C16H23FN2O/c1-11(2)16(20)18-15-8-13(9-19(3)10-15)12-4-6-14(17)7-5-12/h4-7,11,13,15H,8-10H2,1-3H3,(H,18,20). The van der Waals surface area contributed by atoms with Crippen molar-refractivity contribution in [2.24, 2.45) is 5.92 Å². The molecule has 0 radical (unpaired) electrons. The van der Waals surface area contributed by atoms with Gasteiger partial charge in [-0.25, -0.2) is 4.39 Å². The van der Waals surface area contributed by atoms with Crippen LogP contribution in [-0.4, -0.2) is 37.0 Å². The Balaban J connectivity index is 2.04. The van der Waals surface area contributed by atoms with Gasteiger partial charge in [0, 0.05) is 25.0 Å². The van der Waals surface area contributed by atoms with Crippen LogP contribution in [0.2, 0.25) is 0 Å². The molecule has 2 atom stereocenters. The van der Waals surface area contributed by atoms with Crippen molar-refractivity contribution in [1.29, 1.82) is 0 Å². The van der Waals surface area contributed by atoms with Gasteiger partial charge in [0.05, 0.1) is 0 Å². The molecule has 1 aliphatic heterocycles. The Kier molecular flexibility index (Phi) is 4.76. The second-order valence-corrected chi connectivity index (χ2v) is 6.07. The van der Waals surface area contributed by atoms with Crippen molar-refractivity contribution >= 4 is 5.91 Å². The molecule has 0 aromatic heterocycles. The summed E-state index contributed by atoms with van der Waals surface area (Å²) in [6, 6.07) is 6.87. The maximum atomic E-state index is 13.0. The fraction of sp³-hybridized carbons (Fsp3) is 0.562. The largest absolute Gasteiger partial charge is 0.352 e. The van der Waals surface area contributed by atoms with E-state index in [1.165, 1.54) is 12.1 Å². The highest BCUT2D eigenvalue weighted by Crippen LogP contribution is 2.26. The van der Waals surface area contributed by atoms with E-state index in [0.29, 0.717) is 5.92 Å². The second-order valence-electron chi connectivity index (χ2n) is 6.07. The molecule has 1 fully saturated rings. The van der Waals surface area contributed by atoms with E-state index in [2.05, 4.69) is 17.3 Å². The minimum Gasteiger partial charge on any atom is -0.352 e. The molecule has 0 saturated carbocycles. The van der Waals surface area contributed by atoms with E-state index in [4.69, 9.17) is 0 Å². The Bertz CT molecular complexity index is 458. The van der Waals surface area contributed by atoms with Crippen LogP contribution in [0.5, 0.6) is 0 Å². The Hall–Kier alpha value is -1.42. The predicted molar refractivity (Wildman–Crippen MR) is 78.0 cm³/mol. The zero-order valence-corrected chi connectivity index (χ0v) is 12.4. The summed E-state index contributed by atoms with van der Waals surface area (Å²) >= 11 is 0. The molecule has 1 saturated heterocycles. The maximum Gasteiger partial charge on any atom is 0.222 e. The molecule has 0 spiro atoms. The fourth-order valence-electron chi connectivity index (χ4n) is 2.77. The fourth-order valence-corrected chi connectivity index (χ4v) is 2.77. The monoisotopic (exact) mass is 278 g/mol. The summed E-state index contributed by atoms with van der Waals surface area (Å²) in [6.07, 6.45) is 0.911. The van der Waals surface area contributed by atoms with E-state index in [9.17, 15) is 9.18 Å². The molecular formula is C16H23FN2O. The summed E-state index contributed by atoms with van der Waals surface area (Å²) in [6.45, 7) is 5.62. The lowest BCUT2D eigenvalue weighted by atomic mass is 9.88. The number of halogens is 1. The predicted octanol–water partition coefficient (Wildman–Crippen LogP) is 2.39. The summed E-state index contributed by atoms with van der Waals surface area (Å²) in [7, 11) is 2.06. The smallest absolute Gasteiger partial charge is 0.222 e. The van der Waals surface area contributed by atoms with Gasteiger partial charge in [-0.15, -0.1) is 0 Å². The number of carbonyl (C=O) groups excluding carboxylic acids is 1. The van der Waals surface area contributed by atoms with Gasteiger partial charge in [-0.1, -0.05) is 26.0 Å². The summed E-state index contributed by atoms with van der Waals surface area (Å²) in [4.78, 5) is 14.1. The van der Waals surface area contributed by atoms with Crippen molar-refractivity contribution in [3.8, 4) is 0 Å². The molecule has 1 aromatic carbocycles. The molecule has 0 aliphatic carbocycles. The molecule has 2 unspecified atom stereocenters. The zero-order valence-electron chi connectivity index (χ0n) is 12.4. The van der Waals surface area contributed by atoms with Crippen molar-refractivity contribution in [2.75, 3.05) is 20.1 Å². The van der Waals surface area contributed by atoms with Gasteiger partial charge in [-0.05, 0) is 37.1 Å². The van der Waals surface area contributed by atoms with Crippen LogP contribution in [0.25, 0.3) is 0 Å². The average Bonchev–Trinajstić information content (AvgIpc) is 2.38. The van der Waals surface area contributed by atoms with Crippen LogP contribution >= 0.6 is 0 Å². The Morgan fingerprint density at radius 2 is 1.95 bits per heavy atom. The highest BCUT2D eigenvalue weighted by atomic mass is 19.1. The number of nitrogens with zero attached hydrogens (tertiary/aromatic N) is 1. The minimum absolute atomic E-state index is 0.00602. The molecular weight excluding hydrogens is 255 g/mol. The molecule has 1 amide bonds. The number of benzene rings is 1. The SMILES string of the molecule is CC(C)C(=O)NC1CC(c2ccc(F)cc2)CN(C)C1. The van der Waals surface area contributed by atoms with Gasteiger partial charge in [0.25, 0.3) is 0 Å². The number of piperidine rings is 1. The average molecular weight is 278 g/mol. The van der Waals surface area contributed by atoms with Crippen LogP contribution < -0.4 is 5.32 Å². The first-order valence-electron chi connectivity index (χ1n) is 7.20. The first-order chi connectivity index (χ1) is 9.45. The molecule has 20 heavy (non-hydrogen) atoms. The number of likely N-dealkylation sites (tertiary alicyclic amines) is 1. The maximum absolute atomic E-state index is 13.0. The van der Waals surface area contributed by atoms with E-state index < -0.39 is 0 Å². The minimum atomic E-state index is -0.206. The molecule has 1 N–H and O–H groups in total. The number of hydrogen-bond donors (Lipinski definition) is 1. The lowest BCUT2D eigenvalue weighted by Crippen LogP contribution is -2.49. The first-order valence-corrected chi connectivity index (χ1v) is 7.20. The van der Waals surface area contributed by atoms with E-state index in [-0.39, 0.29) is 23.7 Å². The second kappa shape index (κ2) is 6.35. The van der Waals surface area contributed by atoms with Crippen LogP contribution in [0.1, 0.15) is 31.7 Å². The summed E-state index contributed by atoms with van der Waals surface area (Å²) in [5, 5.41) is 3.11. The van der Waals surface area contributed by atoms with Crippen LogP contribution in [-0.2, 0) is 4.79 Å². The lowest BCUT2D eigenvalue weighted by Gasteiger charge is -2.36. The number of likely N-dealkylation sites (N-methyl/N-ethyl adjacent to an activating group) is 1. The summed E-state index contributed by atoms with van der Waals surface area (Å²) in [5.74, 6) is 0.240. The van der Waals surface area contributed by atoms with Crippen molar-refractivity contribution in [3.05, 3.63) is 35.6 Å². The topological polar surface area (TPSA) is 32.3 Å². The first kappa shape index (κ1) is 15.0. The molecule has 110 valence electrons. The normalized spacial score (nSPS) is 23.9. The molecule has 1 heterocycles. The molecule has 0 bridgehead atoms. The number of nitrogens with one attached hydrogen (secondary N) is 1. The van der Waals surface area contributed by atoms with E-state index in [1.54, 1.807) is 0 Å². The van der Waals surface area contributed by atoms with Gasteiger partial charge in [0.15, 0.2) is 0 Å². The van der Waals surface area contributed by atoms with Gasteiger partial charge in [-0.2, -0.15) is 0 Å². The third-order valence-corrected chi connectivity index (χ3v) is 3.85. The van der Waals surface area contributed by atoms with Gasteiger partial charge in [-0.3, -0.25) is 4.79 Å². The molecule has 1 aromatic rings. The van der Waals surface area contributed by atoms with Crippen molar-refractivity contribution in [1.82, 2.24) is 10.2 Å². The van der Waals surface area contributed by atoms with Crippen LogP contribution in [0, 0.1) is 11.7 Å². The van der Waals surface area contributed by atoms with Gasteiger partial charge >= 0.3 is 0 Å². The molecule has 3 nitrogen and oxygen atoms in total. The van der Waals surface area contributed by atoms with Crippen molar-refractivity contribution in [2.45, 2.75) is 32.2 Å². The molecule has 1 aliphatic rings. The van der Waals surface area contributed by atoms with E-state index in [1.807, 2.05) is 26.0 Å². The van der Waals surface area contributed by atoms with Gasteiger partial charge < -0.3 is 10.2 Å². The Labute approximate surface area is 120 Å². The van der Waals surface area contributed by atoms with Crippen LogP contribution in [0.15, 0.2) is 24.3 Å². The highest BCUT2D eigenvalue weighted by Gasteiger charge is 2.27. The van der Waals surface area contributed by atoms with Crippen molar-refractivity contribution in [3.63, 3.8) is 0 Å². The van der Waals surface area contributed by atoms with Crippen molar-refractivity contribution < 1.29 is 9.18 Å². The van der Waals surface area contributed by atoms with E-state index >= 15 is 0 Å². The Morgan fingerprint density at radius 1 is 1.30 bits per heavy atom. The summed E-state index contributed by atoms with van der Waals surface area (Å²) < 4.78 is 13.0. The number of hydrogen-bond acceptors (Lipinski definition) is 2. The lowest BCUT2D eigenvalue weighted by molar-refractivity contribution is -0.125. The third kappa shape index (κ3) is 3.79. The van der Waals surface area contributed by atoms with Gasteiger partial charge in [0.1, 0.15) is 5.82 Å². The molecule has 2 rings (SSSR count). The highest BCUT2D eigenvalue weighted by molar-refractivity contribution is 5.78. The molecule has 4 heteroatoms. The third-order valence-electron chi connectivity index (χ3n) is 3.85. The van der Waals surface area contributed by atoms with E-state index in [0.717, 1.165) is 25.1 Å². The quantitative estimate of drug-likeness (QED) is 0.920.